The van der Waals surface area contributed by atoms with Crippen LogP contribution in [0.15, 0.2) is 36.7 Å². The van der Waals surface area contributed by atoms with Crippen molar-refractivity contribution >= 4 is 0 Å². The second-order valence-corrected chi connectivity index (χ2v) is 4.61. The molecule has 2 rings (SSSR count). The van der Waals surface area contributed by atoms with Crippen molar-refractivity contribution in [2.45, 2.75) is 32.7 Å². The van der Waals surface area contributed by atoms with Gasteiger partial charge in [-0.3, -0.25) is 0 Å². The average Bonchev–Trinajstić information content (AvgIpc) is 2.90. The lowest BCUT2D eigenvalue weighted by Gasteiger charge is -2.17. The van der Waals surface area contributed by atoms with Crippen LogP contribution >= 0.6 is 0 Å². The van der Waals surface area contributed by atoms with E-state index in [0.29, 0.717) is 0 Å². The van der Waals surface area contributed by atoms with Gasteiger partial charge < -0.3 is 10.3 Å². The molecule has 1 aromatic carbocycles. The number of hydrogen-bond acceptors (Lipinski definition) is 2. The van der Waals surface area contributed by atoms with Crippen LogP contribution in [0.25, 0.3) is 0 Å². The summed E-state index contributed by atoms with van der Waals surface area (Å²) in [6, 6.07) is 8.80. The Hall–Kier alpha value is -1.61. The van der Waals surface area contributed by atoms with E-state index in [9.17, 15) is 0 Å². The van der Waals surface area contributed by atoms with E-state index in [1.165, 1.54) is 11.1 Å². The van der Waals surface area contributed by atoms with Gasteiger partial charge in [-0.05, 0) is 37.4 Å². The summed E-state index contributed by atoms with van der Waals surface area (Å²) in [6.45, 7) is 5.35. The summed E-state index contributed by atoms with van der Waals surface area (Å²) in [4.78, 5) is 7.59. The Morgan fingerprint density at radius 3 is 2.83 bits per heavy atom. The number of aromatic nitrogens is 2. The van der Waals surface area contributed by atoms with Crippen LogP contribution in [0.1, 0.15) is 36.3 Å². The largest absolute Gasteiger partial charge is 0.347 e. The first-order chi connectivity index (χ1) is 8.81. The van der Waals surface area contributed by atoms with Gasteiger partial charge in [0.1, 0.15) is 5.82 Å². The molecular weight excluding hydrogens is 222 g/mol. The quantitative estimate of drug-likeness (QED) is 0.819. The molecule has 2 aromatic rings. The van der Waals surface area contributed by atoms with E-state index in [1.807, 2.05) is 12.4 Å². The molecule has 18 heavy (non-hydrogen) atoms. The summed E-state index contributed by atoms with van der Waals surface area (Å²) in [7, 11) is 0. The van der Waals surface area contributed by atoms with Crippen molar-refractivity contribution < 1.29 is 0 Å². The monoisotopic (exact) mass is 243 g/mol. The minimum Gasteiger partial charge on any atom is -0.347 e. The van der Waals surface area contributed by atoms with Gasteiger partial charge in [-0.2, -0.15) is 0 Å². The van der Waals surface area contributed by atoms with Crippen LogP contribution in [0.4, 0.5) is 0 Å². The number of rotatable bonds is 6. The molecule has 0 saturated carbocycles. The summed E-state index contributed by atoms with van der Waals surface area (Å²) < 4.78 is 0. The highest BCUT2D eigenvalue weighted by Crippen LogP contribution is 2.17. The van der Waals surface area contributed by atoms with Crippen molar-refractivity contribution in [1.82, 2.24) is 15.3 Å². The number of aromatic amines is 1. The third-order valence-corrected chi connectivity index (χ3v) is 3.18. The third-order valence-electron chi connectivity index (χ3n) is 3.18. The van der Waals surface area contributed by atoms with Crippen LogP contribution in [0.5, 0.6) is 0 Å². The SMILES string of the molecule is CCCNC(Cc1ccccc1C)c1ncc[nH]1. The molecule has 96 valence electrons. The topological polar surface area (TPSA) is 40.7 Å². The molecule has 0 radical (unpaired) electrons. The minimum atomic E-state index is 0.265. The second kappa shape index (κ2) is 6.36. The predicted octanol–water partition coefficient (Wildman–Crippen LogP) is 3.00. The molecule has 0 aliphatic heterocycles. The van der Waals surface area contributed by atoms with Crippen molar-refractivity contribution in [2.24, 2.45) is 0 Å². The molecule has 1 aromatic heterocycles. The van der Waals surface area contributed by atoms with Crippen LogP contribution in [-0.2, 0) is 6.42 Å². The van der Waals surface area contributed by atoms with Crippen molar-refractivity contribution in [2.75, 3.05) is 6.54 Å². The molecule has 0 aliphatic rings. The first-order valence-electron chi connectivity index (χ1n) is 6.58. The second-order valence-electron chi connectivity index (χ2n) is 4.61. The lowest BCUT2D eigenvalue weighted by molar-refractivity contribution is 0.507. The molecule has 1 heterocycles. The Morgan fingerprint density at radius 2 is 2.17 bits per heavy atom. The first kappa shape index (κ1) is 12.8. The molecular formula is C15H21N3. The zero-order valence-electron chi connectivity index (χ0n) is 11.1. The smallest absolute Gasteiger partial charge is 0.123 e. The van der Waals surface area contributed by atoms with Crippen LogP contribution in [0.3, 0.4) is 0 Å². The van der Waals surface area contributed by atoms with Gasteiger partial charge in [0.25, 0.3) is 0 Å². The van der Waals surface area contributed by atoms with E-state index < -0.39 is 0 Å². The summed E-state index contributed by atoms with van der Waals surface area (Å²) in [5.74, 6) is 1.02. The highest BCUT2D eigenvalue weighted by atomic mass is 15.0. The fraction of sp³-hybridized carbons (Fsp3) is 0.400. The Bertz CT molecular complexity index is 462. The van der Waals surface area contributed by atoms with Gasteiger partial charge in [-0.1, -0.05) is 31.2 Å². The fourth-order valence-corrected chi connectivity index (χ4v) is 2.11. The van der Waals surface area contributed by atoms with Gasteiger partial charge in [0, 0.05) is 12.4 Å². The van der Waals surface area contributed by atoms with Crippen molar-refractivity contribution in [3.8, 4) is 0 Å². The third kappa shape index (κ3) is 3.20. The number of hydrogen-bond donors (Lipinski definition) is 2. The number of benzene rings is 1. The first-order valence-corrected chi connectivity index (χ1v) is 6.58. The lowest BCUT2D eigenvalue weighted by Crippen LogP contribution is -2.25. The number of H-pyrrole nitrogens is 1. The van der Waals surface area contributed by atoms with E-state index in [-0.39, 0.29) is 6.04 Å². The van der Waals surface area contributed by atoms with Crippen LogP contribution < -0.4 is 5.32 Å². The molecule has 1 atom stereocenters. The van der Waals surface area contributed by atoms with Gasteiger partial charge in [0.2, 0.25) is 0 Å². The van der Waals surface area contributed by atoms with E-state index in [2.05, 4.69) is 53.4 Å². The van der Waals surface area contributed by atoms with Gasteiger partial charge in [0.05, 0.1) is 6.04 Å². The normalized spacial score (nSPS) is 12.6. The van der Waals surface area contributed by atoms with Gasteiger partial charge in [-0.15, -0.1) is 0 Å². The average molecular weight is 243 g/mol. The maximum atomic E-state index is 4.38. The van der Waals surface area contributed by atoms with Crippen molar-refractivity contribution in [3.63, 3.8) is 0 Å². The van der Waals surface area contributed by atoms with Gasteiger partial charge >= 0.3 is 0 Å². The maximum absolute atomic E-state index is 4.38. The molecule has 2 N–H and O–H groups in total. The number of nitrogens with zero attached hydrogens (tertiary/aromatic N) is 1. The molecule has 0 amide bonds. The number of imidazole rings is 1. The maximum Gasteiger partial charge on any atom is 0.123 e. The molecule has 0 bridgehead atoms. The molecule has 1 unspecified atom stereocenters. The van der Waals surface area contributed by atoms with Crippen LogP contribution in [0, 0.1) is 6.92 Å². The summed E-state index contributed by atoms with van der Waals surface area (Å²) in [5, 5.41) is 3.55. The molecule has 3 nitrogen and oxygen atoms in total. The number of aryl methyl sites for hydroxylation is 1. The Labute approximate surface area is 109 Å². The van der Waals surface area contributed by atoms with Crippen LogP contribution in [-0.4, -0.2) is 16.5 Å². The van der Waals surface area contributed by atoms with Crippen molar-refractivity contribution in [1.29, 1.82) is 0 Å². The summed E-state index contributed by atoms with van der Waals surface area (Å²) >= 11 is 0. The molecule has 0 saturated heterocycles. The van der Waals surface area contributed by atoms with E-state index in [4.69, 9.17) is 0 Å². The van der Waals surface area contributed by atoms with Crippen LogP contribution in [0.2, 0.25) is 0 Å². The molecule has 3 heteroatoms. The van der Waals surface area contributed by atoms with Gasteiger partial charge in [0.15, 0.2) is 0 Å². The zero-order valence-corrected chi connectivity index (χ0v) is 11.1. The molecule has 0 aliphatic carbocycles. The molecule has 0 fully saturated rings. The summed E-state index contributed by atoms with van der Waals surface area (Å²) in [5.41, 5.74) is 2.72. The Kier molecular flexibility index (Phi) is 4.53. The number of nitrogens with one attached hydrogen (secondary N) is 2. The van der Waals surface area contributed by atoms with Gasteiger partial charge in [-0.25, -0.2) is 4.98 Å². The van der Waals surface area contributed by atoms with E-state index in [1.54, 1.807) is 0 Å². The highest BCUT2D eigenvalue weighted by Gasteiger charge is 2.14. The van der Waals surface area contributed by atoms with Crippen molar-refractivity contribution in [3.05, 3.63) is 53.6 Å². The Balaban J connectivity index is 2.13. The Morgan fingerprint density at radius 1 is 1.33 bits per heavy atom. The summed E-state index contributed by atoms with van der Waals surface area (Å²) in [6.07, 6.45) is 5.80. The molecule has 0 spiro atoms. The standard InChI is InChI=1S/C15H21N3/c1-3-8-16-14(15-17-9-10-18-15)11-13-7-5-4-6-12(13)2/h4-7,9-10,14,16H,3,8,11H2,1-2H3,(H,17,18). The fourth-order valence-electron chi connectivity index (χ4n) is 2.11. The highest BCUT2D eigenvalue weighted by molar-refractivity contribution is 5.27. The predicted molar refractivity (Wildman–Crippen MR) is 74.5 cm³/mol. The zero-order chi connectivity index (χ0) is 12.8. The van der Waals surface area contributed by atoms with E-state index >= 15 is 0 Å². The minimum absolute atomic E-state index is 0.265. The van der Waals surface area contributed by atoms with E-state index in [0.717, 1.165) is 25.2 Å². The lowest BCUT2D eigenvalue weighted by atomic mass is 10.0.